The van der Waals surface area contributed by atoms with E-state index in [-0.39, 0.29) is 0 Å². The van der Waals surface area contributed by atoms with Crippen molar-refractivity contribution in [3.63, 3.8) is 0 Å². The lowest BCUT2D eigenvalue weighted by Gasteiger charge is -2.27. The molecule has 1 aliphatic rings. The van der Waals surface area contributed by atoms with Crippen molar-refractivity contribution in [2.75, 3.05) is 4.90 Å². The molecule has 0 atom stereocenters. The van der Waals surface area contributed by atoms with Crippen LogP contribution >= 0.6 is 0 Å². The van der Waals surface area contributed by atoms with Crippen LogP contribution in [-0.2, 0) is 5.79 Å². The molecule has 53 heavy (non-hydrogen) atoms. The number of nitrogens with zero attached hydrogens (tertiary/aromatic N) is 2. The molecule has 0 amide bonds. The number of para-hydroxylation sites is 2. The molecule has 0 spiro atoms. The first-order valence-corrected chi connectivity index (χ1v) is 17.9. The Morgan fingerprint density at radius 1 is 0.377 bits per heavy atom. The number of aromatic nitrogens is 1. The molecule has 1 aliphatic carbocycles. The summed E-state index contributed by atoms with van der Waals surface area (Å²) in [5.74, 6) is -2.04. The van der Waals surface area contributed by atoms with Gasteiger partial charge >= 0.3 is 0 Å². The highest BCUT2D eigenvalue weighted by Crippen LogP contribution is 2.48. The number of fused-ring (bicyclic) bond motifs is 6. The van der Waals surface area contributed by atoms with Crippen LogP contribution in [0.4, 0.5) is 17.1 Å². The fraction of sp³-hybridized carbons (Fsp3) is 0.0204. The Bertz CT molecular complexity index is 2790. The van der Waals surface area contributed by atoms with Crippen LogP contribution in [0.5, 0.6) is 0 Å². The molecule has 2 N–H and O–H groups in total. The molecule has 0 unspecified atom stereocenters. The molecule has 4 nitrogen and oxygen atoms in total. The fourth-order valence-electron chi connectivity index (χ4n) is 8.06. The van der Waals surface area contributed by atoms with Gasteiger partial charge in [0.15, 0.2) is 0 Å². The lowest BCUT2D eigenvalue weighted by molar-refractivity contribution is -0.128. The summed E-state index contributed by atoms with van der Waals surface area (Å²) in [5, 5.41) is 24.8. The smallest absolute Gasteiger partial charge is 0.218 e. The summed E-state index contributed by atoms with van der Waals surface area (Å²) in [7, 11) is 0. The van der Waals surface area contributed by atoms with Crippen LogP contribution in [0, 0.1) is 0 Å². The van der Waals surface area contributed by atoms with Crippen molar-refractivity contribution in [2.45, 2.75) is 5.79 Å². The minimum atomic E-state index is -2.04. The third kappa shape index (κ3) is 5.07. The highest BCUT2D eigenvalue weighted by molar-refractivity contribution is 6.10. The van der Waals surface area contributed by atoms with Crippen molar-refractivity contribution >= 4 is 38.9 Å². The second kappa shape index (κ2) is 12.2. The van der Waals surface area contributed by atoms with Crippen LogP contribution in [0.2, 0.25) is 0 Å². The molecule has 1 heterocycles. The van der Waals surface area contributed by atoms with E-state index in [1.54, 1.807) is 6.07 Å². The number of benzene rings is 8. The Morgan fingerprint density at radius 2 is 0.906 bits per heavy atom. The molecule has 0 fully saturated rings. The Labute approximate surface area is 307 Å². The van der Waals surface area contributed by atoms with E-state index in [4.69, 9.17) is 0 Å². The van der Waals surface area contributed by atoms with Crippen molar-refractivity contribution in [2.24, 2.45) is 0 Å². The molecule has 9 aromatic rings. The van der Waals surface area contributed by atoms with E-state index in [0.29, 0.717) is 11.1 Å². The van der Waals surface area contributed by atoms with Crippen LogP contribution in [0.3, 0.4) is 0 Å². The quantitative estimate of drug-likeness (QED) is 0.172. The van der Waals surface area contributed by atoms with Crippen LogP contribution in [-0.4, -0.2) is 14.8 Å². The lowest BCUT2D eigenvalue weighted by atomic mass is 10.0. The molecule has 0 saturated heterocycles. The van der Waals surface area contributed by atoms with Gasteiger partial charge in [-0.25, -0.2) is 0 Å². The van der Waals surface area contributed by atoms with Gasteiger partial charge in [-0.2, -0.15) is 0 Å². The predicted octanol–water partition coefficient (Wildman–Crippen LogP) is 11.8. The minimum absolute atomic E-state index is 0.487. The first-order chi connectivity index (χ1) is 26.0. The Kier molecular flexibility index (Phi) is 7.15. The maximum absolute atomic E-state index is 11.2. The molecule has 1 aromatic heterocycles. The average molecular weight is 683 g/mol. The molecule has 252 valence electrons. The van der Waals surface area contributed by atoms with Gasteiger partial charge in [0.2, 0.25) is 5.79 Å². The Hall–Kier alpha value is -6.72. The van der Waals surface area contributed by atoms with Crippen molar-refractivity contribution in [3.05, 3.63) is 205 Å². The van der Waals surface area contributed by atoms with Gasteiger partial charge in [0.1, 0.15) is 0 Å². The van der Waals surface area contributed by atoms with Gasteiger partial charge in [0.25, 0.3) is 0 Å². The molecule has 8 aromatic carbocycles. The van der Waals surface area contributed by atoms with Crippen molar-refractivity contribution < 1.29 is 10.2 Å². The van der Waals surface area contributed by atoms with Gasteiger partial charge in [-0.3, -0.25) is 0 Å². The van der Waals surface area contributed by atoms with Crippen molar-refractivity contribution in [1.29, 1.82) is 0 Å². The van der Waals surface area contributed by atoms with Crippen LogP contribution < -0.4 is 4.90 Å². The SMILES string of the molecule is OC1(O)c2ccccc2-c2cc(N(c3ccc(-c4ccccc4)cc3)c3ccc(-c4ccc5c(c4)c4ccccc4n5-c4ccccc4)cc3)ccc21. The van der Waals surface area contributed by atoms with E-state index in [0.717, 1.165) is 56.1 Å². The molecular formula is C49H34N2O2. The number of hydrogen-bond donors (Lipinski definition) is 2. The van der Waals surface area contributed by atoms with Gasteiger partial charge in [0.05, 0.1) is 11.0 Å². The third-order valence-corrected chi connectivity index (χ3v) is 10.6. The summed E-state index contributed by atoms with van der Waals surface area (Å²) in [4.78, 5) is 2.23. The minimum Gasteiger partial charge on any atom is -0.358 e. The summed E-state index contributed by atoms with van der Waals surface area (Å²) >= 11 is 0. The van der Waals surface area contributed by atoms with E-state index in [2.05, 4.69) is 161 Å². The van der Waals surface area contributed by atoms with Crippen molar-refractivity contribution in [1.82, 2.24) is 4.57 Å². The monoisotopic (exact) mass is 682 g/mol. The summed E-state index contributed by atoms with van der Waals surface area (Å²) in [6, 6.07) is 67.0. The fourth-order valence-corrected chi connectivity index (χ4v) is 8.06. The van der Waals surface area contributed by atoms with Crippen LogP contribution in [0.1, 0.15) is 11.1 Å². The maximum atomic E-state index is 11.2. The second-order valence-electron chi connectivity index (χ2n) is 13.7. The van der Waals surface area contributed by atoms with E-state index in [1.165, 1.54) is 21.8 Å². The molecule has 4 heteroatoms. The zero-order valence-electron chi connectivity index (χ0n) is 28.8. The average Bonchev–Trinajstić information content (AvgIpc) is 3.67. The summed E-state index contributed by atoms with van der Waals surface area (Å²) in [5.41, 5.74) is 13.6. The topological polar surface area (TPSA) is 48.6 Å². The maximum Gasteiger partial charge on any atom is 0.218 e. The van der Waals surface area contributed by atoms with Gasteiger partial charge in [-0.1, -0.05) is 127 Å². The molecule has 0 bridgehead atoms. The normalized spacial score (nSPS) is 12.9. The number of aliphatic hydroxyl groups is 2. The zero-order chi connectivity index (χ0) is 35.5. The van der Waals surface area contributed by atoms with E-state index >= 15 is 0 Å². The highest BCUT2D eigenvalue weighted by atomic mass is 16.5. The summed E-state index contributed by atoms with van der Waals surface area (Å²) in [6.07, 6.45) is 0. The number of rotatable bonds is 6. The largest absolute Gasteiger partial charge is 0.358 e. The second-order valence-corrected chi connectivity index (χ2v) is 13.7. The highest BCUT2D eigenvalue weighted by Gasteiger charge is 2.40. The summed E-state index contributed by atoms with van der Waals surface area (Å²) in [6.45, 7) is 0. The van der Waals surface area contributed by atoms with Crippen molar-refractivity contribution in [3.8, 4) is 39.1 Å². The molecule has 10 rings (SSSR count). The third-order valence-electron chi connectivity index (χ3n) is 10.6. The van der Waals surface area contributed by atoms with Gasteiger partial charge in [-0.15, -0.1) is 0 Å². The lowest BCUT2D eigenvalue weighted by Crippen LogP contribution is -2.23. The Balaban J connectivity index is 1.07. The Morgan fingerprint density at radius 3 is 1.64 bits per heavy atom. The zero-order valence-corrected chi connectivity index (χ0v) is 28.8. The van der Waals surface area contributed by atoms with Crippen LogP contribution in [0.25, 0.3) is 60.9 Å². The predicted molar refractivity (Wildman–Crippen MR) is 217 cm³/mol. The molecular weight excluding hydrogens is 649 g/mol. The van der Waals surface area contributed by atoms with Gasteiger partial charge in [-0.05, 0) is 100 Å². The van der Waals surface area contributed by atoms with E-state index < -0.39 is 5.79 Å². The first kappa shape index (κ1) is 31.1. The van der Waals surface area contributed by atoms with E-state index in [9.17, 15) is 10.2 Å². The van der Waals surface area contributed by atoms with E-state index in [1.807, 2.05) is 36.4 Å². The number of hydrogen-bond acceptors (Lipinski definition) is 3. The van der Waals surface area contributed by atoms with Gasteiger partial charge in [0, 0.05) is 44.6 Å². The molecule has 0 aliphatic heterocycles. The standard InChI is InChI=1S/C49H34N2O2/c52-49(53)45-17-9-7-15-41(45)43-32-40(28-29-46(43)49)50(38-24-19-34(20-25-38)33-11-3-1-4-12-33)39-26-21-35(22-27-39)36-23-30-48-44(31-36)42-16-8-10-18-47(42)51(48)37-13-5-2-6-14-37/h1-32,52-53H. The molecule has 0 radical (unpaired) electrons. The summed E-state index contributed by atoms with van der Waals surface area (Å²) < 4.78 is 2.34. The molecule has 0 saturated carbocycles. The number of anilines is 3. The van der Waals surface area contributed by atoms with Crippen LogP contribution in [0.15, 0.2) is 194 Å². The van der Waals surface area contributed by atoms with Gasteiger partial charge < -0.3 is 19.7 Å². The first-order valence-electron chi connectivity index (χ1n) is 17.9.